The molecule has 2 atom stereocenters. The van der Waals surface area contributed by atoms with Crippen LogP contribution in [0.2, 0.25) is 0 Å². The van der Waals surface area contributed by atoms with E-state index in [9.17, 15) is 4.79 Å². The van der Waals surface area contributed by atoms with E-state index in [0.717, 1.165) is 13.1 Å². The first-order chi connectivity index (χ1) is 8.88. The smallest absolute Gasteiger partial charge is 0.306 e. The van der Waals surface area contributed by atoms with Crippen LogP contribution in [0.4, 0.5) is 0 Å². The summed E-state index contributed by atoms with van der Waals surface area (Å²) in [6, 6.07) is 7.01. The summed E-state index contributed by atoms with van der Waals surface area (Å²) in [5, 5.41) is 9.01. The van der Waals surface area contributed by atoms with Gasteiger partial charge in [0.1, 0.15) is 0 Å². The zero-order valence-electron chi connectivity index (χ0n) is 12.2. The zero-order valence-corrected chi connectivity index (χ0v) is 12.2. The van der Waals surface area contributed by atoms with Crippen molar-refractivity contribution in [2.75, 3.05) is 13.1 Å². The summed E-state index contributed by atoms with van der Waals surface area (Å²) >= 11 is 0. The molecule has 104 valence electrons. The minimum Gasteiger partial charge on any atom is -0.481 e. The highest BCUT2D eigenvalue weighted by molar-refractivity contribution is 5.70. The van der Waals surface area contributed by atoms with Crippen LogP contribution in [0, 0.1) is 25.7 Å². The molecule has 1 fully saturated rings. The highest BCUT2D eigenvalue weighted by Crippen LogP contribution is 2.32. The van der Waals surface area contributed by atoms with Crippen molar-refractivity contribution in [3.63, 3.8) is 0 Å². The molecule has 0 amide bonds. The van der Waals surface area contributed by atoms with Gasteiger partial charge < -0.3 is 5.11 Å². The Morgan fingerprint density at radius 3 is 2.21 bits per heavy atom. The Labute approximate surface area is 115 Å². The molecule has 1 heterocycles. The number of hydrogen-bond acceptors (Lipinski definition) is 2. The lowest BCUT2D eigenvalue weighted by molar-refractivity contribution is -0.145. The molecule has 1 N–H and O–H groups in total. The second-order valence-electron chi connectivity index (χ2n) is 5.94. The Morgan fingerprint density at radius 1 is 1.21 bits per heavy atom. The van der Waals surface area contributed by atoms with Gasteiger partial charge in [-0.1, -0.05) is 36.2 Å². The van der Waals surface area contributed by atoms with Crippen molar-refractivity contribution in [1.82, 2.24) is 4.90 Å². The van der Waals surface area contributed by atoms with Crippen molar-refractivity contribution >= 4 is 5.97 Å². The molecule has 1 aliphatic heterocycles. The number of aliphatic carboxylic acids is 1. The Balaban J connectivity index is 1.99. The molecule has 3 nitrogen and oxygen atoms in total. The van der Waals surface area contributed by atoms with Crippen molar-refractivity contribution in [1.29, 1.82) is 0 Å². The summed E-state index contributed by atoms with van der Waals surface area (Å²) in [6.45, 7) is 10.0. The molecule has 1 aromatic carbocycles. The van der Waals surface area contributed by atoms with Gasteiger partial charge in [-0.2, -0.15) is 0 Å². The maximum Gasteiger partial charge on any atom is 0.306 e. The van der Waals surface area contributed by atoms with E-state index in [-0.39, 0.29) is 5.92 Å². The maximum atomic E-state index is 11.0. The van der Waals surface area contributed by atoms with E-state index in [1.807, 2.05) is 6.92 Å². The van der Waals surface area contributed by atoms with Crippen molar-refractivity contribution in [2.45, 2.75) is 33.7 Å². The van der Waals surface area contributed by atoms with Crippen LogP contribution in [0.3, 0.4) is 0 Å². The standard InChI is InChI=1S/C16H23NO2/c1-10-5-11(2)7-14(6-10)13(4)17-8-15(9-17)12(3)16(18)19/h5-7,12-13,15H,8-9H2,1-4H3,(H,18,19). The molecule has 2 rings (SSSR count). The number of rotatable bonds is 4. The van der Waals surface area contributed by atoms with E-state index in [0.29, 0.717) is 12.0 Å². The fourth-order valence-electron chi connectivity index (χ4n) is 2.84. The molecule has 0 aliphatic carbocycles. The van der Waals surface area contributed by atoms with Crippen LogP contribution in [0.5, 0.6) is 0 Å². The lowest BCUT2D eigenvalue weighted by Gasteiger charge is -2.45. The van der Waals surface area contributed by atoms with Crippen LogP contribution in [0.25, 0.3) is 0 Å². The van der Waals surface area contributed by atoms with Gasteiger partial charge in [0.25, 0.3) is 0 Å². The Hall–Kier alpha value is -1.35. The third kappa shape index (κ3) is 2.98. The molecule has 0 radical (unpaired) electrons. The fourth-order valence-corrected chi connectivity index (χ4v) is 2.84. The number of carbonyl (C=O) groups is 1. The molecule has 0 bridgehead atoms. The Bertz CT molecular complexity index is 457. The van der Waals surface area contributed by atoms with Gasteiger partial charge in [0.05, 0.1) is 5.92 Å². The molecule has 2 unspecified atom stereocenters. The lowest BCUT2D eigenvalue weighted by atomic mass is 9.85. The van der Waals surface area contributed by atoms with Gasteiger partial charge in [0.2, 0.25) is 0 Å². The van der Waals surface area contributed by atoms with Crippen LogP contribution in [-0.4, -0.2) is 29.1 Å². The predicted molar refractivity (Wildman–Crippen MR) is 76.2 cm³/mol. The first-order valence-electron chi connectivity index (χ1n) is 6.93. The predicted octanol–water partition coefficient (Wildman–Crippen LogP) is 3.02. The van der Waals surface area contributed by atoms with Gasteiger partial charge in [-0.05, 0) is 32.3 Å². The van der Waals surface area contributed by atoms with Crippen LogP contribution < -0.4 is 0 Å². The van der Waals surface area contributed by atoms with Crippen LogP contribution in [-0.2, 0) is 4.79 Å². The molecular weight excluding hydrogens is 238 g/mol. The molecule has 1 aromatic rings. The van der Waals surface area contributed by atoms with Gasteiger partial charge in [0.15, 0.2) is 0 Å². The van der Waals surface area contributed by atoms with Gasteiger partial charge in [-0.25, -0.2) is 0 Å². The summed E-state index contributed by atoms with van der Waals surface area (Å²) in [5.74, 6) is -0.614. The first-order valence-corrected chi connectivity index (χ1v) is 6.93. The first kappa shape index (κ1) is 14.1. The highest BCUT2D eigenvalue weighted by atomic mass is 16.4. The number of nitrogens with zero attached hydrogens (tertiary/aromatic N) is 1. The van der Waals surface area contributed by atoms with E-state index in [2.05, 4.69) is 43.9 Å². The molecule has 0 spiro atoms. The second kappa shape index (κ2) is 5.33. The average Bonchev–Trinajstić information content (AvgIpc) is 2.25. The minimum absolute atomic E-state index is 0.234. The molecule has 3 heteroatoms. The van der Waals surface area contributed by atoms with Crippen molar-refractivity contribution in [3.8, 4) is 0 Å². The molecule has 0 aromatic heterocycles. The highest BCUT2D eigenvalue weighted by Gasteiger charge is 2.37. The fraction of sp³-hybridized carbons (Fsp3) is 0.562. The Morgan fingerprint density at radius 2 is 1.74 bits per heavy atom. The topological polar surface area (TPSA) is 40.5 Å². The van der Waals surface area contributed by atoms with E-state index < -0.39 is 5.97 Å². The summed E-state index contributed by atoms with van der Waals surface area (Å²) in [5.41, 5.74) is 3.91. The number of likely N-dealkylation sites (tertiary alicyclic amines) is 1. The average molecular weight is 261 g/mol. The van der Waals surface area contributed by atoms with Crippen molar-refractivity contribution in [2.24, 2.45) is 11.8 Å². The molecule has 19 heavy (non-hydrogen) atoms. The molecule has 0 saturated carbocycles. The quantitative estimate of drug-likeness (QED) is 0.905. The third-order valence-electron chi connectivity index (χ3n) is 4.31. The van der Waals surface area contributed by atoms with E-state index in [1.165, 1.54) is 16.7 Å². The van der Waals surface area contributed by atoms with Gasteiger partial charge in [0, 0.05) is 19.1 Å². The SMILES string of the molecule is Cc1cc(C)cc(C(C)N2CC(C(C)C(=O)O)C2)c1. The van der Waals surface area contributed by atoms with E-state index >= 15 is 0 Å². The van der Waals surface area contributed by atoms with Crippen molar-refractivity contribution in [3.05, 3.63) is 34.9 Å². The van der Waals surface area contributed by atoms with Crippen LogP contribution in [0.1, 0.15) is 36.6 Å². The lowest BCUT2D eigenvalue weighted by Crippen LogP contribution is -2.51. The molecule has 1 aliphatic rings. The zero-order chi connectivity index (χ0) is 14.2. The second-order valence-corrected chi connectivity index (χ2v) is 5.94. The van der Waals surface area contributed by atoms with Gasteiger partial charge in [-0.3, -0.25) is 9.69 Å². The Kier molecular flexibility index (Phi) is 3.95. The minimum atomic E-state index is -0.677. The van der Waals surface area contributed by atoms with Crippen LogP contribution in [0.15, 0.2) is 18.2 Å². The number of carboxylic acid groups (broad SMARTS) is 1. The van der Waals surface area contributed by atoms with E-state index in [1.54, 1.807) is 0 Å². The third-order valence-corrected chi connectivity index (χ3v) is 4.31. The van der Waals surface area contributed by atoms with Gasteiger partial charge in [-0.15, -0.1) is 0 Å². The monoisotopic (exact) mass is 261 g/mol. The van der Waals surface area contributed by atoms with Crippen LogP contribution >= 0.6 is 0 Å². The summed E-state index contributed by atoms with van der Waals surface area (Å²) in [6.07, 6.45) is 0. The van der Waals surface area contributed by atoms with E-state index in [4.69, 9.17) is 5.11 Å². The number of hydrogen-bond donors (Lipinski definition) is 1. The summed E-state index contributed by atoms with van der Waals surface area (Å²) < 4.78 is 0. The summed E-state index contributed by atoms with van der Waals surface area (Å²) in [4.78, 5) is 13.3. The van der Waals surface area contributed by atoms with Crippen molar-refractivity contribution < 1.29 is 9.90 Å². The normalized spacial score (nSPS) is 19.8. The number of benzene rings is 1. The summed E-state index contributed by atoms with van der Waals surface area (Å²) in [7, 11) is 0. The number of carboxylic acids is 1. The molecular formula is C16H23NO2. The molecule has 1 saturated heterocycles. The largest absolute Gasteiger partial charge is 0.481 e. The van der Waals surface area contributed by atoms with Gasteiger partial charge >= 0.3 is 5.97 Å². The maximum absolute atomic E-state index is 11.0. The number of aryl methyl sites for hydroxylation is 2.